The molecule has 0 aromatic carbocycles. The van der Waals surface area contributed by atoms with Gasteiger partial charge in [-0.25, -0.2) is 0 Å². The number of nitrogens with zero attached hydrogens (tertiary/aromatic N) is 2. The molecule has 1 heterocycles. The van der Waals surface area contributed by atoms with Crippen molar-refractivity contribution in [3.8, 4) is 6.07 Å². The molecule has 1 saturated heterocycles. The minimum Gasteiger partial charge on any atom is -0.377 e. The van der Waals surface area contributed by atoms with Gasteiger partial charge in [-0.2, -0.15) is 5.26 Å². The van der Waals surface area contributed by atoms with E-state index in [4.69, 9.17) is 10.00 Å². The van der Waals surface area contributed by atoms with Crippen LogP contribution in [0.4, 0.5) is 0 Å². The van der Waals surface area contributed by atoms with Gasteiger partial charge in [0.15, 0.2) is 0 Å². The first-order valence-electron chi connectivity index (χ1n) is 7.07. The molecule has 0 amide bonds. The van der Waals surface area contributed by atoms with Crippen LogP contribution < -0.4 is 5.32 Å². The quantitative estimate of drug-likeness (QED) is 0.751. The van der Waals surface area contributed by atoms with Crippen molar-refractivity contribution in [3.05, 3.63) is 0 Å². The summed E-state index contributed by atoms with van der Waals surface area (Å²) in [5.74, 6) is 0. The van der Waals surface area contributed by atoms with Gasteiger partial charge in [-0.05, 0) is 59.7 Å². The molecule has 0 aromatic heterocycles. The van der Waals surface area contributed by atoms with Crippen molar-refractivity contribution in [1.82, 2.24) is 10.2 Å². The number of hydrogen-bond donors (Lipinski definition) is 1. The molecule has 4 nitrogen and oxygen atoms in total. The molecule has 2 unspecified atom stereocenters. The predicted octanol–water partition coefficient (Wildman–Crippen LogP) is 1.77. The lowest BCUT2D eigenvalue weighted by Gasteiger charge is -2.33. The van der Waals surface area contributed by atoms with E-state index < -0.39 is 0 Å². The molecular formula is C14H27N3O. The summed E-state index contributed by atoms with van der Waals surface area (Å²) in [6.07, 6.45) is 4.79. The highest BCUT2D eigenvalue weighted by Gasteiger charge is 2.23. The first-order valence-corrected chi connectivity index (χ1v) is 7.07. The predicted molar refractivity (Wildman–Crippen MR) is 73.4 cm³/mol. The lowest BCUT2D eigenvalue weighted by atomic mass is 9.97. The molecule has 1 aliphatic heterocycles. The number of nitrogens with one attached hydrogen (secondary N) is 1. The number of ether oxygens (including phenoxy) is 1. The molecule has 0 saturated carbocycles. The molecule has 2 atom stereocenters. The summed E-state index contributed by atoms with van der Waals surface area (Å²) in [5, 5.41) is 12.2. The smallest absolute Gasteiger partial charge is 0.103 e. The minimum absolute atomic E-state index is 0.380. The molecule has 1 fully saturated rings. The Kier molecular flexibility index (Phi) is 6.62. The van der Waals surface area contributed by atoms with E-state index in [2.05, 4.69) is 23.2 Å². The van der Waals surface area contributed by atoms with Crippen LogP contribution in [-0.4, -0.2) is 49.8 Å². The Bertz CT molecular complexity index is 275. The summed E-state index contributed by atoms with van der Waals surface area (Å²) in [6, 6.07) is 2.34. The van der Waals surface area contributed by atoms with Crippen LogP contribution in [0.5, 0.6) is 0 Å². The zero-order chi connectivity index (χ0) is 13.4. The first-order chi connectivity index (χ1) is 8.63. The highest BCUT2D eigenvalue weighted by molar-refractivity contribution is 5.02. The van der Waals surface area contributed by atoms with E-state index in [9.17, 15) is 0 Å². The van der Waals surface area contributed by atoms with Crippen molar-refractivity contribution in [2.45, 2.75) is 51.2 Å². The average molecular weight is 253 g/mol. The van der Waals surface area contributed by atoms with Gasteiger partial charge in [0.2, 0.25) is 0 Å². The number of rotatable bonds is 7. The van der Waals surface area contributed by atoms with Crippen LogP contribution in [0.1, 0.15) is 39.5 Å². The Hall–Kier alpha value is -0.630. The van der Waals surface area contributed by atoms with Crippen molar-refractivity contribution < 1.29 is 4.74 Å². The number of piperidine rings is 1. The maximum atomic E-state index is 9.09. The minimum atomic E-state index is -0.380. The monoisotopic (exact) mass is 253 g/mol. The van der Waals surface area contributed by atoms with Crippen molar-refractivity contribution >= 4 is 0 Å². The topological polar surface area (TPSA) is 48.3 Å². The maximum absolute atomic E-state index is 9.09. The largest absolute Gasteiger partial charge is 0.377 e. The van der Waals surface area contributed by atoms with Crippen molar-refractivity contribution in [2.75, 3.05) is 33.3 Å². The second-order valence-electron chi connectivity index (χ2n) is 5.32. The fourth-order valence-electron chi connectivity index (χ4n) is 2.48. The SMILES string of the molecule is CCOC1CCCN(CCCC(C)(C#N)NC)C1. The average Bonchev–Trinajstić information content (AvgIpc) is 2.39. The van der Waals surface area contributed by atoms with E-state index in [0.717, 1.165) is 32.5 Å². The van der Waals surface area contributed by atoms with E-state index in [1.165, 1.54) is 19.4 Å². The Morgan fingerprint density at radius 1 is 1.56 bits per heavy atom. The van der Waals surface area contributed by atoms with Crippen LogP contribution in [-0.2, 0) is 4.74 Å². The van der Waals surface area contributed by atoms with Crippen LogP contribution >= 0.6 is 0 Å². The van der Waals surface area contributed by atoms with E-state index >= 15 is 0 Å². The van der Waals surface area contributed by atoms with E-state index in [1.807, 2.05) is 14.0 Å². The Morgan fingerprint density at radius 2 is 2.33 bits per heavy atom. The first kappa shape index (κ1) is 15.4. The Morgan fingerprint density at radius 3 is 2.94 bits per heavy atom. The molecule has 0 aromatic rings. The van der Waals surface area contributed by atoms with Gasteiger partial charge in [0.05, 0.1) is 12.2 Å². The molecule has 1 N–H and O–H groups in total. The third-order valence-electron chi connectivity index (χ3n) is 3.81. The van der Waals surface area contributed by atoms with Crippen molar-refractivity contribution in [3.63, 3.8) is 0 Å². The molecule has 104 valence electrons. The molecule has 4 heteroatoms. The fraction of sp³-hybridized carbons (Fsp3) is 0.929. The highest BCUT2D eigenvalue weighted by atomic mass is 16.5. The van der Waals surface area contributed by atoms with Crippen LogP contribution in [0.15, 0.2) is 0 Å². The van der Waals surface area contributed by atoms with Crippen LogP contribution in [0.25, 0.3) is 0 Å². The van der Waals surface area contributed by atoms with Gasteiger partial charge >= 0.3 is 0 Å². The zero-order valence-electron chi connectivity index (χ0n) is 12.0. The van der Waals surface area contributed by atoms with E-state index in [-0.39, 0.29) is 5.54 Å². The van der Waals surface area contributed by atoms with Gasteiger partial charge in [-0.3, -0.25) is 0 Å². The van der Waals surface area contributed by atoms with Crippen LogP contribution in [0.2, 0.25) is 0 Å². The van der Waals surface area contributed by atoms with E-state index in [1.54, 1.807) is 0 Å². The second kappa shape index (κ2) is 7.73. The molecule has 0 bridgehead atoms. The summed E-state index contributed by atoms with van der Waals surface area (Å²) >= 11 is 0. The third kappa shape index (κ3) is 4.93. The summed E-state index contributed by atoms with van der Waals surface area (Å²) in [7, 11) is 1.86. The van der Waals surface area contributed by atoms with Crippen molar-refractivity contribution in [1.29, 1.82) is 5.26 Å². The number of hydrogen-bond acceptors (Lipinski definition) is 4. The van der Waals surface area contributed by atoms with Gasteiger partial charge in [-0.15, -0.1) is 0 Å². The normalized spacial score (nSPS) is 24.4. The molecule has 1 aliphatic rings. The van der Waals surface area contributed by atoms with Gasteiger partial charge in [0, 0.05) is 13.2 Å². The standard InChI is InChI=1S/C14H27N3O/c1-4-18-13-7-5-9-17(11-13)10-6-8-14(2,12-15)16-3/h13,16H,4-11H2,1-3H3. The Balaban J connectivity index is 2.25. The van der Waals surface area contributed by atoms with Gasteiger partial charge in [0.25, 0.3) is 0 Å². The number of nitriles is 1. The van der Waals surface area contributed by atoms with Crippen LogP contribution in [0, 0.1) is 11.3 Å². The molecular weight excluding hydrogens is 226 g/mol. The van der Waals surface area contributed by atoms with E-state index in [0.29, 0.717) is 6.10 Å². The molecule has 0 radical (unpaired) electrons. The molecule has 0 spiro atoms. The van der Waals surface area contributed by atoms with Gasteiger partial charge in [-0.1, -0.05) is 0 Å². The fourth-order valence-corrected chi connectivity index (χ4v) is 2.48. The third-order valence-corrected chi connectivity index (χ3v) is 3.81. The van der Waals surface area contributed by atoms with Gasteiger partial charge in [0.1, 0.15) is 5.54 Å². The lowest BCUT2D eigenvalue weighted by Crippen LogP contribution is -2.42. The lowest BCUT2D eigenvalue weighted by molar-refractivity contribution is 0.00535. The summed E-state index contributed by atoms with van der Waals surface area (Å²) in [6.45, 7) is 8.13. The molecule has 18 heavy (non-hydrogen) atoms. The maximum Gasteiger partial charge on any atom is 0.103 e. The number of likely N-dealkylation sites (tertiary alicyclic amines) is 1. The zero-order valence-corrected chi connectivity index (χ0v) is 12.0. The molecule has 0 aliphatic carbocycles. The summed E-state index contributed by atoms with van der Waals surface area (Å²) in [4.78, 5) is 2.47. The summed E-state index contributed by atoms with van der Waals surface area (Å²) < 4.78 is 5.70. The Labute approximate surface area is 111 Å². The molecule has 1 rings (SSSR count). The van der Waals surface area contributed by atoms with Gasteiger partial charge < -0.3 is 15.0 Å². The second-order valence-corrected chi connectivity index (χ2v) is 5.32. The van der Waals surface area contributed by atoms with Crippen LogP contribution in [0.3, 0.4) is 0 Å². The van der Waals surface area contributed by atoms with Crippen molar-refractivity contribution in [2.24, 2.45) is 0 Å². The highest BCUT2D eigenvalue weighted by Crippen LogP contribution is 2.16. The summed E-state index contributed by atoms with van der Waals surface area (Å²) in [5.41, 5.74) is -0.380.